The number of anilines is 2. The van der Waals surface area contributed by atoms with Crippen LogP contribution < -0.4 is 20.3 Å². The van der Waals surface area contributed by atoms with E-state index in [1.165, 1.54) is 5.69 Å². The molecule has 0 saturated carbocycles. The maximum Gasteiger partial charge on any atom is 0.313 e. The van der Waals surface area contributed by atoms with E-state index in [0.717, 1.165) is 55.2 Å². The number of nitrogens with one attached hydrogen (secondary N) is 2. The van der Waals surface area contributed by atoms with Crippen LogP contribution in [0.25, 0.3) is 0 Å². The highest BCUT2D eigenvalue weighted by Crippen LogP contribution is 2.22. The fourth-order valence-corrected chi connectivity index (χ4v) is 3.98. The number of aryl methyl sites for hydroxylation is 3. The van der Waals surface area contributed by atoms with Crippen LogP contribution in [-0.2, 0) is 9.59 Å². The monoisotopic (exact) mass is 424 g/mol. The van der Waals surface area contributed by atoms with Crippen molar-refractivity contribution >= 4 is 23.2 Å². The molecule has 0 aromatic heterocycles. The summed E-state index contributed by atoms with van der Waals surface area (Å²) in [6.07, 6.45) is 0. The molecule has 2 amide bonds. The van der Waals surface area contributed by atoms with E-state index in [2.05, 4.69) is 32.6 Å². The van der Waals surface area contributed by atoms with Gasteiger partial charge >= 0.3 is 11.8 Å². The van der Waals surface area contributed by atoms with E-state index >= 15 is 0 Å². The summed E-state index contributed by atoms with van der Waals surface area (Å²) in [6.45, 7) is 10.7. The van der Waals surface area contributed by atoms with E-state index in [1.54, 1.807) is 7.11 Å². The molecule has 1 aliphatic heterocycles. The summed E-state index contributed by atoms with van der Waals surface area (Å²) < 4.78 is 5.21. The Bertz CT molecular complexity index is 896. The predicted molar refractivity (Wildman–Crippen MR) is 124 cm³/mol. The molecule has 166 valence electrons. The van der Waals surface area contributed by atoms with Gasteiger partial charge < -0.3 is 20.3 Å². The fraction of sp³-hybridized carbons (Fsp3) is 0.417. The van der Waals surface area contributed by atoms with E-state index in [9.17, 15) is 9.59 Å². The smallest absolute Gasteiger partial charge is 0.313 e. The van der Waals surface area contributed by atoms with Gasteiger partial charge in [0, 0.05) is 50.6 Å². The van der Waals surface area contributed by atoms with Crippen molar-refractivity contribution in [3.63, 3.8) is 0 Å². The van der Waals surface area contributed by atoms with Crippen LogP contribution in [-0.4, -0.2) is 63.1 Å². The molecule has 1 heterocycles. The highest BCUT2D eigenvalue weighted by molar-refractivity contribution is 6.39. The molecule has 2 aromatic carbocycles. The molecule has 1 saturated heterocycles. The summed E-state index contributed by atoms with van der Waals surface area (Å²) in [5.74, 6) is -0.370. The van der Waals surface area contributed by atoms with Crippen LogP contribution in [0.1, 0.15) is 16.7 Å². The first kappa shape index (κ1) is 22.6. The van der Waals surface area contributed by atoms with Gasteiger partial charge in [0.2, 0.25) is 0 Å². The lowest BCUT2D eigenvalue weighted by atomic mass is 10.1. The number of benzene rings is 2. The molecule has 0 atom stereocenters. The van der Waals surface area contributed by atoms with Crippen LogP contribution in [0.4, 0.5) is 11.4 Å². The van der Waals surface area contributed by atoms with Gasteiger partial charge in [-0.05, 0) is 56.2 Å². The van der Waals surface area contributed by atoms with E-state index in [-0.39, 0.29) is 0 Å². The average Bonchev–Trinajstić information content (AvgIpc) is 2.76. The highest BCUT2D eigenvalue weighted by atomic mass is 16.5. The molecular weight excluding hydrogens is 392 g/mol. The van der Waals surface area contributed by atoms with Crippen molar-refractivity contribution in [1.29, 1.82) is 0 Å². The molecule has 0 bridgehead atoms. The standard InChI is InChI=1S/C24H32N4O3/c1-17-15-18(2)22(19(3)16-17)26-24(30)23(29)25-9-10-27-11-13-28(14-12-27)20-5-7-21(31-4)8-6-20/h5-8,15-16H,9-14H2,1-4H3,(H,25,29)(H,26,30). The minimum atomic E-state index is -0.626. The molecule has 0 unspecified atom stereocenters. The normalized spacial score (nSPS) is 14.3. The second-order valence-electron chi connectivity index (χ2n) is 8.01. The molecule has 3 rings (SSSR count). The summed E-state index contributed by atoms with van der Waals surface area (Å²) in [4.78, 5) is 29.1. The largest absolute Gasteiger partial charge is 0.497 e. The molecule has 0 aliphatic carbocycles. The molecule has 7 nitrogen and oxygen atoms in total. The quantitative estimate of drug-likeness (QED) is 0.697. The van der Waals surface area contributed by atoms with E-state index in [0.29, 0.717) is 12.2 Å². The van der Waals surface area contributed by atoms with Gasteiger partial charge in [0.15, 0.2) is 0 Å². The Labute approximate surface area is 184 Å². The summed E-state index contributed by atoms with van der Waals surface area (Å²) in [5.41, 5.74) is 4.93. The lowest BCUT2D eigenvalue weighted by Gasteiger charge is -2.36. The molecule has 7 heteroatoms. The number of piperazine rings is 1. The van der Waals surface area contributed by atoms with Crippen LogP contribution in [0, 0.1) is 20.8 Å². The van der Waals surface area contributed by atoms with Gasteiger partial charge in [0.25, 0.3) is 0 Å². The van der Waals surface area contributed by atoms with Crippen LogP contribution in [0.5, 0.6) is 5.75 Å². The molecule has 0 radical (unpaired) electrons. The SMILES string of the molecule is COc1ccc(N2CCN(CCNC(=O)C(=O)Nc3c(C)cc(C)cc3C)CC2)cc1. The Balaban J connectivity index is 1.40. The molecule has 2 aromatic rings. The number of carbonyl (C=O) groups excluding carboxylic acids is 2. The first-order valence-electron chi connectivity index (χ1n) is 10.7. The Morgan fingerprint density at radius 3 is 2.13 bits per heavy atom. The van der Waals surface area contributed by atoms with Crippen molar-refractivity contribution in [3.05, 3.63) is 53.1 Å². The lowest BCUT2D eigenvalue weighted by molar-refractivity contribution is -0.136. The Hall–Kier alpha value is -3.06. The third kappa shape index (κ3) is 5.98. The van der Waals surface area contributed by atoms with Gasteiger partial charge in [-0.15, -0.1) is 0 Å². The highest BCUT2D eigenvalue weighted by Gasteiger charge is 2.19. The predicted octanol–water partition coefficient (Wildman–Crippen LogP) is 2.50. The number of methoxy groups -OCH3 is 1. The van der Waals surface area contributed by atoms with Crippen molar-refractivity contribution < 1.29 is 14.3 Å². The summed E-state index contributed by atoms with van der Waals surface area (Å²) >= 11 is 0. The molecule has 31 heavy (non-hydrogen) atoms. The summed E-state index contributed by atoms with van der Waals surface area (Å²) in [7, 11) is 1.67. The van der Waals surface area contributed by atoms with Gasteiger partial charge in [0.1, 0.15) is 5.75 Å². The summed E-state index contributed by atoms with van der Waals surface area (Å²) in [5, 5.41) is 5.48. The van der Waals surface area contributed by atoms with Crippen molar-refractivity contribution in [3.8, 4) is 5.75 Å². The number of amides is 2. The van der Waals surface area contributed by atoms with Crippen molar-refractivity contribution in [2.75, 3.05) is 56.6 Å². The second-order valence-corrected chi connectivity index (χ2v) is 8.01. The number of ether oxygens (including phenoxy) is 1. The van der Waals surface area contributed by atoms with Crippen molar-refractivity contribution in [1.82, 2.24) is 10.2 Å². The summed E-state index contributed by atoms with van der Waals surface area (Å²) in [6, 6.07) is 12.1. The number of nitrogens with zero attached hydrogens (tertiary/aromatic N) is 2. The van der Waals surface area contributed by atoms with Gasteiger partial charge in [-0.1, -0.05) is 17.7 Å². The van der Waals surface area contributed by atoms with Crippen LogP contribution in [0.15, 0.2) is 36.4 Å². The van der Waals surface area contributed by atoms with E-state index < -0.39 is 11.8 Å². The number of hydrogen-bond acceptors (Lipinski definition) is 5. The molecule has 1 aliphatic rings. The van der Waals surface area contributed by atoms with Gasteiger partial charge in [-0.2, -0.15) is 0 Å². The lowest BCUT2D eigenvalue weighted by Crippen LogP contribution is -2.49. The minimum absolute atomic E-state index is 0.445. The fourth-order valence-electron chi connectivity index (χ4n) is 3.98. The van der Waals surface area contributed by atoms with E-state index in [4.69, 9.17) is 4.74 Å². The zero-order chi connectivity index (χ0) is 22.4. The zero-order valence-electron chi connectivity index (χ0n) is 18.8. The maximum absolute atomic E-state index is 12.3. The molecular formula is C24H32N4O3. The Morgan fingerprint density at radius 2 is 1.55 bits per heavy atom. The van der Waals surface area contributed by atoms with Crippen molar-refractivity contribution in [2.24, 2.45) is 0 Å². The number of hydrogen-bond donors (Lipinski definition) is 2. The molecule has 1 fully saturated rings. The zero-order valence-corrected chi connectivity index (χ0v) is 18.8. The molecule has 0 spiro atoms. The first-order chi connectivity index (χ1) is 14.9. The Morgan fingerprint density at radius 1 is 0.935 bits per heavy atom. The molecule has 2 N–H and O–H groups in total. The average molecular weight is 425 g/mol. The minimum Gasteiger partial charge on any atom is -0.497 e. The van der Waals surface area contributed by atoms with Crippen LogP contribution in [0.3, 0.4) is 0 Å². The van der Waals surface area contributed by atoms with E-state index in [1.807, 2.05) is 45.0 Å². The number of carbonyl (C=O) groups is 2. The van der Waals surface area contributed by atoms with Crippen molar-refractivity contribution in [2.45, 2.75) is 20.8 Å². The van der Waals surface area contributed by atoms with Gasteiger partial charge in [0.05, 0.1) is 7.11 Å². The Kier molecular flexibility index (Phi) is 7.52. The third-order valence-corrected chi connectivity index (χ3v) is 5.65. The maximum atomic E-state index is 12.3. The van der Waals surface area contributed by atoms with Gasteiger partial charge in [-0.25, -0.2) is 0 Å². The van der Waals surface area contributed by atoms with Gasteiger partial charge in [-0.3, -0.25) is 14.5 Å². The first-order valence-corrected chi connectivity index (χ1v) is 10.7. The topological polar surface area (TPSA) is 73.9 Å². The van der Waals surface area contributed by atoms with Crippen LogP contribution >= 0.6 is 0 Å². The van der Waals surface area contributed by atoms with Crippen LogP contribution in [0.2, 0.25) is 0 Å². The number of rotatable bonds is 6. The third-order valence-electron chi connectivity index (χ3n) is 5.65. The second kappa shape index (κ2) is 10.3.